The third-order valence-corrected chi connectivity index (χ3v) is 5.44. The van der Waals surface area contributed by atoms with Crippen molar-refractivity contribution in [1.82, 2.24) is 14.8 Å². The maximum Gasteiger partial charge on any atom is 0.303 e. The van der Waals surface area contributed by atoms with Gasteiger partial charge >= 0.3 is 5.97 Å². The van der Waals surface area contributed by atoms with Gasteiger partial charge in [-0.2, -0.15) is 4.98 Å². The van der Waals surface area contributed by atoms with Crippen LogP contribution in [0.25, 0.3) is 0 Å². The fraction of sp³-hybridized carbons (Fsp3) is 0.304. The number of carbonyl (C=O) groups is 2. The number of aliphatic carboxylic acids is 1. The first-order chi connectivity index (χ1) is 15.5. The summed E-state index contributed by atoms with van der Waals surface area (Å²) < 4.78 is 7.07. The lowest BCUT2D eigenvalue weighted by Crippen LogP contribution is -2.28. The zero-order valence-corrected chi connectivity index (χ0v) is 17.7. The molecule has 0 bridgehead atoms. The van der Waals surface area contributed by atoms with Crippen molar-refractivity contribution < 1.29 is 19.4 Å². The molecule has 32 heavy (non-hydrogen) atoms. The molecule has 0 aliphatic carbocycles. The van der Waals surface area contributed by atoms with E-state index in [1.165, 1.54) is 0 Å². The molecule has 4 rings (SSSR count). The Morgan fingerprint density at radius 3 is 2.56 bits per heavy atom. The van der Waals surface area contributed by atoms with Gasteiger partial charge in [-0.15, -0.1) is 5.10 Å². The Bertz CT molecular complexity index is 1080. The third kappa shape index (κ3) is 4.88. The lowest BCUT2D eigenvalue weighted by Gasteiger charge is -2.31. The smallest absolute Gasteiger partial charge is 0.303 e. The number of amides is 1. The molecule has 2 aromatic carbocycles. The molecular formula is C23H25N5O4. The van der Waals surface area contributed by atoms with Crippen LogP contribution in [0.3, 0.4) is 0 Å². The molecule has 2 atom stereocenters. The summed E-state index contributed by atoms with van der Waals surface area (Å²) in [5.41, 5.74) is 2.19. The Hall–Kier alpha value is -3.88. The van der Waals surface area contributed by atoms with E-state index in [1.54, 1.807) is 11.8 Å². The molecule has 0 saturated carbocycles. The van der Waals surface area contributed by atoms with Gasteiger partial charge in [0, 0.05) is 12.8 Å². The average molecular weight is 435 g/mol. The van der Waals surface area contributed by atoms with E-state index in [4.69, 9.17) is 9.84 Å². The van der Waals surface area contributed by atoms with Gasteiger partial charge in [0.1, 0.15) is 5.75 Å². The van der Waals surface area contributed by atoms with E-state index in [0.29, 0.717) is 5.95 Å². The molecule has 9 nitrogen and oxygen atoms in total. The Morgan fingerprint density at radius 1 is 1.12 bits per heavy atom. The Kier molecular flexibility index (Phi) is 6.34. The highest BCUT2D eigenvalue weighted by Crippen LogP contribution is 2.38. The number of ether oxygens (including phenoxy) is 1. The monoisotopic (exact) mass is 435 g/mol. The Labute approximate surface area is 185 Å². The minimum Gasteiger partial charge on any atom is -0.497 e. The van der Waals surface area contributed by atoms with E-state index in [-0.39, 0.29) is 43.2 Å². The molecule has 0 saturated heterocycles. The van der Waals surface area contributed by atoms with Gasteiger partial charge in [0.05, 0.1) is 19.2 Å². The van der Waals surface area contributed by atoms with Crippen LogP contribution in [-0.4, -0.2) is 38.9 Å². The van der Waals surface area contributed by atoms with Gasteiger partial charge in [-0.25, -0.2) is 4.68 Å². The van der Waals surface area contributed by atoms with Crippen LogP contribution < -0.4 is 15.4 Å². The molecular weight excluding hydrogens is 410 g/mol. The third-order valence-electron chi connectivity index (χ3n) is 5.44. The van der Waals surface area contributed by atoms with Crippen LogP contribution in [0.15, 0.2) is 54.6 Å². The Balaban J connectivity index is 1.59. The molecule has 1 amide bonds. The lowest BCUT2D eigenvalue weighted by atomic mass is 9.93. The summed E-state index contributed by atoms with van der Waals surface area (Å²) in [7, 11) is 1.63. The molecule has 1 aliphatic rings. The van der Waals surface area contributed by atoms with Crippen LogP contribution in [0, 0.1) is 0 Å². The number of nitrogens with one attached hydrogen (secondary N) is 2. The van der Waals surface area contributed by atoms with Crippen LogP contribution >= 0.6 is 0 Å². The van der Waals surface area contributed by atoms with Crippen molar-refractivity contribution in [2.24, 2.45) is 0 Å². The summed E-state index contributed by atoms with van der Waals surface area (Å²) in [6, 6.07) is 17.9. The van der Waals surface area contributed by atoms with Crippen molar-refractivity contribution in [1.29, 1.82) is 0 Å². The number of rotatable bonds is 8. The van der Waals surface area contributed by atoms with Gasteiger partial charge < -0.3 is 15.2 Å². The van der Waals surface area contributed by atoms with Gasteiger partial charge in [-0.1, -0.05) is 42.5 Å². The van der Waals surface area contributed by atoms with Crippen LogP contribution in [0.1, 0.15) is 48.9 Å². The number of carboxylic acids is 1. The minimum absolute atomic E-state index is 0.0270. The topological polar surface area (TPSA) is 118 Å². The van der Waals surface area contributed by atoms with Crippen molar-refractivity contribution in [2.45, 2.75) is 37.8 Å². The highest BCUT2D eigenvalue weighted by molar-refractivity contribution is 5.89. The second kappa shape index (κ2) is 9.51. The number of hydrogen-bond donors (Lipinski definition) is 3. The molecule has 1 aromatic heterocycles. The largest absolute Gasteiger partial charge is 0.497 e. The molecule has 0 radical (unpaired) electrons. The first kappa shape index (κ1) is 21.4. The standard InChI is InChI=1S/C23H25N5O4/c1-32-17-12-10-16(11-13-17)19-14-18(15-6-3-2-4-7-15)24-23-26-22(27-28(19)23)25-20(29)8-5-9-21(30)31/h2-4,6-7,10-13,18-19H,5,8-9,14H2,1H3,(H,30,31)(H2,24,25,26,27,29)/t18-,19+/m1/s1. The molecule has 3 aromatic rings. The number of anilines is 2. The maximum atomic E-state index is 12.2. The van der Waals surface area contributed by atoms with Crippen LogP contribution in [0.2, 0.25) is 0 Å². The highest BCUT2D eigenvalue weighted by Gasteiger charge is 2.31. The summed E-state index contributed by atoms with van der Waals surface area (Å²) in [5, 5.41) is 19.4. The van der Waals surface area contributed by atoms with Crippen LogP contribution in [0.4, 0.5) is 11.9 Å². The second-order valence-electron chi connectivity index (χ2n) is 7.63. The van der Waals surface area contributed by atoms with Gasteiger partial charge in [-0.3, -0.25) is 14.9 Å². The summed E-state index contributed by atoms with van der Waals surface area (Å²) in [6.07, 6.45) is 1.05. The van der Waals surface area contributed by atoms with Crippen LogP contribution in [0.5, 0.6) is 5.75 Å². The van der Waals surface area contributed by atoms with E-state index in [9.17, 15) is 9.59 Å². The van der Waals surface area contributed by atoms with Crippen molar-refractivity contribution in [2.75, 3.05) is 17.7 Å². The number of methoxy groups -OCH3 is 1. The fourth-order valence-electron chi connectivity index (χ4n) is 3.83. The van der Waals surface area contributed by atoms with E-state index in [1.807, 2.05) is 42.5 Å². The average Bonchev–Trinajstić information content (AvgIpc) is 3.21. The number of benzene rings is 2. The molecule has 0 spiro atoms. The van der Waals surface area contributed by atoms with Gasteiger partial charge in [-0.05, 0) is 36.1 Å². The molecule has 0 unspecified atom stereocenters. The van der Waals surface area contributed by atoms with Crippen molar-refractivity contribution in [3.8, 4) is 5.75 Å². The quantitative estimate of drug-likeness (QED) is 0.494. The summed E-state index contributed by atoms with van der Waals surface area (Å²) in [4.78, 5) is 27.3. The Morgan fingerprint density at radius 2 is 1.88 bits per heavy atom. The molecule has 166 valence electrons. The second-order valence-corrected chi connectivity index (χ2v) is 7.63. The lowest BCUT2D eigenvalue weighted by molar-refractivity contribution is -0.137. The minimum atomic E-state index is -0.924. The molecule has 2 heterocycles. The number of fused-ring (bicyclic) bond motifs is 1. The highest BCUT2D eigenvalue weighted by atomic mass is 16.5. The zero-order valence-electron chi connectivity index (χ0n) is 17.7. The number of nitrogens with zero attached hydrogens (tertiary/aromatic N) is 3. The fourth-order valence-corrected chi connectivity index (χ4v) is 3.83. The van der Waals surface area contributed by atoms with E-state index in [0.717, 1.165) is 23.3 Å². The number of aromatic nitrogens is 3. The molecule has 3 N–H and O–H groups in total. The zero-order chi connectivity index (χ0) is 22.5. The van der Waals surface area contributed by atoms with Gasteiger partial charge in [0.2, 0.25) is 11.9 Å². The van der Waals surface area contributed by atoms with Gasteiger partial charge in [0.25, 0.3) is 5.95 Å². The first-order valence-corrected chi connectivity index (χ1v) is 10.5. The van der Waals surface area contributed by atoms with Crippen molar-refractivity contribution in [3.63, 3.8) is 0 Å². The summed E-state index contributed by atoms with van der Waals surface area (Å²) in [5.74, 6) is 0.295. The van der Waals surface area contributed by atoms with Crippen molar-refractivity contribution in [3.05, 3.63) is 65.7 Å². The first-order valence-electron chi connectivity index (χ1n) is 10.5. The van der Waals surface area contributed by atoms with Gasteiger partial charge in [0.15, 0.2) is 0 Å². The molecule has 9 heteroatoms. The van der Waals surface area contributed by atoms with E-state index < -0.39 is 5.97 Å². The van der Waals surface area contributed by atoms with E-state index in [2.05, 4.69) is 32.8 Å². The maximum absolute atomic E-state index is 12.2. The van der Waals surface area contributed by atoms with Crippen LogP contribution in [-0.2, 0) is 9.59 Å². The van der Waals surface area contributed by atoms with E-state index >= 15 is 0 Å². The molecule has 0 fully saturated rings. The number of carboxylic acid groups (broad SMARTS) is 1. The number of carbonyl (C=O) groups excluding carboxylic acids is 1. The van der Waals surface area contributed by atoms with Crippen molar-refractivity contribution >= 4 is 23.8 Å². The number of hydrogen-bond acceptors (Lipinski definition) is 6. The summed E-state index contributed by atoms with van der Waals surface area (Å²) >= 11 is 0. The summed E-state index contributed by atoms with van der Waals surface area (Å²) in [6.45, 7) is 0. The predicted octanol–water partition coefficient (Wildman–Crippen LogP) is 3.63. The normalized spacial score (nSPS) is 17.2. The molecule has 1 aliphatic heterocycles. The SMILES string of the molecule is COc1ccc([C@@H]2C[C@H](c3ccccc3)Nc3nc(NC(=O)CCCC(=O)O)nn32)cc1. The predicted molar refractivity (Wildman–Crippen MR) is 119 cm³/mol.